The van der Waals surface area contributed by atoms with E-state index in [1.54, 1.807) is 19.1 Å². The van der Waals surface area contributed by atoms with Crippen LogP contribution in [0.2, 0.25) is 0 Å². The van der Waals surface area contributed by atoms with Crippen molar-refractivity contribution in [1.82, 2.24) is 4.31 Å². The number of carbonyl (C=O) groups excluding carboxylic acids is 1. The number of anilines is 1. The first-order valence-electron chi connectivity index (χ1n) is 10.1. The van der Waals surface area contributed by atoms with Crippen molar-refractivity contribution in [3.05, 3.63) is 53.6 Å². The van der Waals surface area contributed by atoms with E-state index in [0.29, 0.717) is 18.9 Å². The van der Waals surface area contributed by atoms with E-state index >= 15 is 0 Å². The number of hydrogen-bond acceptors (Lipinski definition) is 4. The number of aryl methyl sites for hydroxylation is 1. The molecule has 168 valence electrons. The van der Waals surface area contributed by atoms with Gasteiger partial charge in [-0.25, -0.2) is 17.2 Å². The second-order valence-electron chi connectivity index (χ2n) is 7.67. The lowest BCUT2D eigenvalue weighted by Gasteiger charge is -2.33. The van der Waals surface area contributed by atoms with Crippen LogP contribution in [0.15, 0.2) is 41.3 Å². The van der Waals surface area contributed by atoms with Gasteiger partial charge < -0.3 is 10.1 Å². The minimum atomic E-state index is -4.08. The first-order chi connectivity index (χ1) is 14.7. The van der Waals surface area contributed by atoms with Crippen molar-refractivity contribution < 1.29 is 26.7 Å². The number of hydrogen-bond donors (Lipinski definition) is 1. The molecule has 1 N–H and O–H groups in total. The molecule has 1 amide bonds. The van der Waals surface area contributed by atoms with Crippen molar-refractivity contribution in [2.45, 2.75) is 50.0 Å². The molecular weight excluding hydrogens is 426 g/mol. The summed E-state index contributed by atoms with van der Waals surface area (Å²) < 4.78 is 60.7. The Hall–Kier alpha value is -2.52. The van der Waals surface area contributed by atoms with E-state index in [2.05, 4.69) is 5.32 Å². The number of methoxy groups -OCH3 is 1. The summed E-state index contributed by atoms with van der Waals surface area (Å²) in [7, 11) is -2.69. The minimum Gasteiger partial charge on any atom is -0.495 e. The van der Waals surface area contributed by atoms with Crippen molar-refractivity contribution in [3.8, 4) is 5.75 Å². The molecule has 9 heteroatoms. The molecule has 1 aliphatic carbocycles. The molecule has 0 saturated heterocycles. The van der Waals surface area contributed by atoms with E-state index in [9.17, 15) is 22.0 Å². The van der Waals surface area contributed by atoms with E-state index in [1.807, 2.05) is 0 Å². The molecule has 0 spiro atoms. The predicted molar refractivity (Wildman–Crippen MR) is 113 cm³/mol. The van der Waals surface area contributed by atoms with Gasteiger partial charge in [-0.2, -0.15) is 4.31 Å². The second kappa shape index (κ2) is 9.74. The lowest BCUT2D eigenvalue weighted by molar-refractivity contribution is -0.116. The van der Waals surface area contributed by atoms with Crippen LogP contribution in [0.3, 0.4) is 0 Å². The van der Waals surface area contributed by atoms with Gasteiger partial charge in [0.15, 0.2) is 0 Å². The van der Waals surface area contributed by atoms with Gasteiger partial charge in [0.05, 0.1) is 19.3 Å². The third-order valence-corrected chi connectivity index (χ3v) is 7.31. The maximum absolute atomic E-state index is 13.9. The van der Waals surface area contributed by atoms with Crippen molar-refractivity contribution in [2.75, 3.05) is 19.0 Å². The summed E-state index contributed by atoms with van der Waals surface area (Å²) in [5.74, 6) is -2.21. The number of nitrogens with one attached hydrogen (secondary N) is 1. The zero-order valence-corrected chi connectivity index (χ0v) is 18.3. The Morgan fingerprint density at radius 2 is 1.84 bits per heavy atom. The van der Waals surface area contributed by atoms with Crippen LogP contribution in [0.5, 0.6) is 5.75 Å². The fourth-order valence-electron chi connectivity index (χ4n) is 3.81. The molecule has 1 aliphatic rings. The van der Waals surface area contributed by atoms with Gasteiger partial charge in [0.1, 0.15) is 22.3 Å². The Labute approximate surface area is 181 Å². The zero-order chi connectivity index (χ0) is 22.6. The van der Waals surface area contributed by atoms with Crippen LogP contribution < -0.4 is 10.1 Å². The maximum atomic E-state index is 13.9. The molecule has 0 unspecified atom stereocenters. The largest absolute Gasteiger partial charge is 0.495 e. The summed E-state index contributed by atoms with van der Waals surface area (Å²) in [6.07, 6.45) is 3.98. The Morgan fingerprint density at radius 1 is 1.13 bits per heavy atom. The number of halogens is 2. The zero-order valence-electron chi connectivity index (χ0n) is 17.5. The normalized spacial score (nSPS) is 15.1. The molecule has 2 aromatic rings. The number of amides is 1. The highest BCUT2D eigenvalue weighted by Crippen LogP contribution is 2.32. The average Bonchev–Trinajstić information content (AvgIpc) is 2.74. The van der Waals surface area contributed by atoms with Crippen LogP contribution in [0.1, 0.15) is 37.7 Å². The Morgan fingerprint density at radius 3 is 2.48 bits per heavy atom. The molecule has 0 bridgehead atoms. The van der Waals surface area contributed by atoms with E-state index in [4.69, 9.17) is 4.74 Å². The summed E-state index contributed by atoms with van der Waals surface area (Å²) in [4.78, 5) is 12.7. The molecule has 0 heterocycles. The molecule has 1 saturated carbocycles. The molecule has 1 fully saturated rings. The quantitative estimate of drug-likeness (QED) is 0.682. The van der Waals surface area contributed by atoms with Crippen LogP contribution in [0.25, 0.3) is 0 Å². The highest BCUT2D eigenvalue weighted by Gasteiger charge is 2.36. The maximum Gasteiger partial charge on any atom is 0.247 e. The fraction of sp³-hybridized carbons (Fsp3) is 0.409. The molecule has 0 aromatic heterocycles. The van der Waals surface area contributed by atoms with Crippen molar-refractivity contribution in [1.29, 1.82) is 0 Å². The highest BCUT2D eigenvalue weighted by atomic mass is 32.2. The van der Waals surface area contributed by atoms with Gasteiger partial charge in [0.2, 0.25) is 15.9 Å². The van der Waals surface area contributed by atoms with Gasteiger partial charge in [-0.3, -0.25) is 4.79 Å². The van der Waals surface area contributed by atoms with E-state index in [-0.39, 0.29) is 22.4 Å². The van der Waals surface area contributed by atoms with Crippen LogP contribution in [0, 0.1) is 18.6 Å². The molecular formula is C22H26F2N2O4S. The lowest BCUT2D eigenvalue weighted by Crippen LogP contribution is -2.45. The van der Waals surface area contributed by atoms with Crippen LogP contribution in [-0.2, 0) is 14.8 Å². The number of ether oxygens (including phenoxy) is 1. The predicted octanol–water partition coefficient (Wildman–Crippen LogP) is 4.24. The van der Waals surface area contributed by atoms with E-state index in [0.717, 1.165) is 37.0 Å². The smallest absolute Gasteiger partial charge is 0.247 e. The first-order valence-corrected chi connectivity index (χ1v) is 11.6. The molecule has 3 rings (SSSR count). The lowest BCUT2D eigenvalue weighted by atomic mass is 9.95. The van der Waals surface area contributed by atoms with Gasteiger partial charge in [0.25, 0.3) is 0 Å². The minimum absolute atomic E-state index is 0.0127. The molecule has 6 nitrogen and oxygen atoms in total. The van der Waals surface area contributed by atoms with Crippen LogP contribution >= 0.6 is 0 Å². The van der Waals surface area contributed by atoms with E-state index in [1.165, 1.54) is 17.5 Å². The molecule has 2 aromatic carbocycles. The number of rotatable bonds is 7. The number of sulfonamides is 1. The Bertz CT molecular complexity index is 1050. The SMILES string of the molecule is COc1ccc(C)cc1S(=O)(=O)N(CC(=O)Nc1ccc(F)cc1F)C1CCCCC1. The average molecular weight is 453 g/mol. The van der Waals surface area contributed by atoms with Gasteiger partial charge in [0, 0.05) is 12.1 Å². The summed E-state index contributed by atoms with van der Waals surface area (Å²) in [6, 6.07) is 7.26. The van der Waals surface area contributed by atoms with Crippen molar-refractivity contribution >= 4 is 21.6 Å². The van der Waals surface area contributed by atoms with Gasteiger partial charge in [-0.15, -0.1) is 0 Å². The first kappa shape index (κ1) is 23.1. The van der Waals surface area contributed by atoms with Crippen LogP contribution in [0.4, 0.5) is 14.5 Å². The summed E-state index contributed by atoms with van der Waals surface area (Å²) in [6.45, 7) is 1.29. The summed E-state index contributed by atoms with van der Waals surface area (Å²) in [5.41, 5.74) is 0.529. The fourth-order valence-corrected chi connectivity index (χ4v) is 5.70. The Kier molecular flexibility index (Phi) is 7.27. The topological polar surface area (TPSA) is 75.7 Å². The monoisotopic (exact) mass is 452 g/mol. The highest BCUT2D eigenvalue weighted by molar-refractivity contribution is 7.89. The number of nitrogens with zero attached hydrogens (tertiary/aromatic N) is 1. The third kappa shape index (κ3) is 5.40. The second-order valence-corrected chi connectivity index (χ2v) is 9.53. The Balaban J connectivity index is 1.93. The number of carbonyl (C=O) groups is 1. The molecule has 0 aliphatic heterocycles. The molecule has 0 atom stereocenters. The van der Waals surface area contributed by atoms with Gasteiger partial charge in [-0.05, 0) is 49.6 Å². The standard InChI is InChI=1S/C22H26F2N2O4S/c1-15-8-11-20(30-2)21(12-15)31(28,29)26(17-6-4-3-5-7-17)14-22(27)25-19-10-9-16(23)13-18(19)24/h8-13,17H,3-7,14H2,1-2H3,(H,25,27). The summed E-state index contributed by atoms with van der Waals surface area (Å²) >= 11 is 0. The molecule has 0 radical (unpaired) electrons. The van der Waals surface area contributed by atoms with Gasteiger partial charge >= 0.3 is 0 Å². The number of benzene rings is 2. The van der Waals surface area contributed by atoms with Crippen LogP contribution in [-0.4, -0.2) is 38.3 Å². The van der Waals surface area contributed by atoms with E-state index < -0.39 is 34.1 Å². The third-order valence-electron chi connectivity index (χ3n) is 5.39. The van der Waals surface area contributed by atoms with Gasteiger partial charge in [-0.1, -0.05) is 25.3 Å². The molecule has 31 heavy (non-hydrogen) atoms. The van der Waals surface area contributed by atoms with Crippen molar-refractivity contribution in [2.24, 2.45) is 0 Å². The summed E-state index contributed by atoms with van der Waals surface area (Å²) in [5, 5.41) is 2.35. The van der Waals surface area contributed by atoms with Crippen molar-refractivity contribution in [3.63, 3.8) is 0 Å².